The van der Waals surface area contributed by atoms with Gasteiger partial charge in [-0.2, -0.15) is 11.8 Å². The Hall–Kier alpha value is -0.100. The van der Waals surface area contributed by atoms with Crippen molar-refractivity contribution in [2.75, 3.05) is 19.3 Å². The number of rotatable bonds is 4. The largest absolute Gasteiger partial charge is 0.329 e. The lowest BCUT2D eigenvalue weighted by Gasteiger charge is -2.48. The van der Waals surface area contributed by atoms with E-state index in [4.69, 9.17) is 5.73 Å². The number of thioether (sulfide) groups is 1. The van der Waals surface area contributed by atoms with Crippen LogP contribution in [0.15, 0.2) is 10.9 Å². The van der Waals surface area contributed by atoms with Crippen LogP contribution in [-0.2, 0) is 6.54 Å². The first-order chi connectivity index (χ1) is 8.19. The number of aromatic nitrogens is 1. The molecule has 2 rings (SSSR count). The Balaban J connectivity index is 2.10. The summed E-state index contributed by atoms with van der Waals surface area (Å²) in [6, 6.07) is 0. The van der Waals surface area contributed by atoms with Crippen molar-refractivity contribution in [2.24, 2.45) is 5.73 Å². The Bertz CT molecular complexity index is 342. The van der Waals surface area contributed by atoms with E-state index in [0.717, 1.165) is 18.8 Å². The van der Waals surface area contributed by atoms with Gasteiger partial charge in [0, 0.05) is 29.3 Å². The summed E-state index contributed by atoms with van der Waals surface area (Å²) in [4.78, 5) is 6.79. The van der Waals surface area contributed by atoms with Gasteiger partial charge in [-0.3, -0.25) is 4.90 Å². The van der Waals surface area contributed by atoms with Gasteiger partial charge in [-0.15, -0.1) is 11.3 Å². The molecule has 0 aliphatic carbocycles. The average molecular weight is 271 g/mol. The SMILES string of the molecule is CC1SCCCC1(CN)N(C)Cc1cscn1. The topological polar surface area (TPSA) is 42.1 Å². The molecule has 2 N–H and O–H groups in total. The van der Waals surface area contributed by atoms with E-state index in [0.29, 0.717) is 5.25 Å². The van der Waals surface area contributed by atoms with Gasteiger partial charge in [0.25, 0.3) is 0 Å². The van der Waals surface area contributed by atoms with Crippen molar-refractivity contribution in [1.82, 2.24) is 9.88 Å². The van der Waals surface area contributed by atoms with Crippen LogP contribution >= 0.6 is 23.1 Å². The summed E-state index contributed by atoms with van der Waals surface area (Å²) in [6.07, 6.45) is 2.48. The molecule has 1 aliphatic rings. The lowest BCUT2D eigenvalue weighted by atomic mass is 9.87. The van der Waals surface area contributed by atoms with Crippen LogP contribution in [0.5, 0.6) is 0 Å². The summed E-state index contributed by atoms with van der Waals surface area (Å²) >= 11 is 3.71. The molecule has 0 amide bonds. The molecule has 0 spiro atoms. The molecule has 0 saturated carbocycles. The second kappa shape index (κ2) is 5.69. The third-order valence-corrected chi connectivity index (χ3v) is 5.97. The van der Waals surface area contributed by atoms with Crippen LogP contribution in [0.2, 0.25) is 0 Å². The van der Waals surface area contributed by atoms with E-state index in [1.807, 2.05) is 5.51 Å². The zero-order valence-corrected chi connectivity index (χ0v) is 12.2. The first kappa shape index (κ1) is 13.3. The van der Waals surface area contributed by atoms with Gasteiger partial charge in [0.2, 0.25) is 0 Å². The quantitative estimate of drug-likeness (QED) is 0.911. The van der Waals surface area contributed by atoms with Crippen molar-refractivity contribution in [3.05, 3.63) is 16.6 Å². The smallest absolute Gasteiger partial charge is 0.0795 e. The molecule has 1 aliphatic heterocycles. The lowest BCUT2D eigenvalue weighted by molar-refractivity contribution is 0.103. The zero-order chi connectivity index (χ0) is 12.3. The zero-order valence-electron chi connectivity index (χ0n) is 10.6. The molecule has 5 heteroatoms. The summed E-state index contributed by atoms with van der Waals surface area (Å²) in [6.45, 7) is 3.96. The Kier molecular flexibility index (Phi) is 4.47. The summed E-state index contributed by atoms with van der Waals surface area (Å²) in [5.74, 6) is 1.27. The summed E-state index contributed by atoms with van der Waals surface area (Å²) in [5.41, 5.74) is 9.29. The number of hydrogen-bond acceptors (Lipinski definition) is 5. The Morgan fingerprint density at radius 3 is 3.06 bits per heavy atom. The fourth-order valence-corrected chi connectivity index (χ4v) is 4.56. The Labute approximate surface area is 112 Å². The minimum atomic E-state index is 0.145. The van der Waals surface area contributed by atoms with Crippen molar-refractivity contribution < 1.29 is 0 Å². The van der Waals surface area contributed by atoms with Gasteiger partial charge >= 0.3 is 0 Å². The first-order valence-corrected chi connectivity index (χ1v) is 8.08. The standard InChI is InChI=1S/C12H21N3S2/c1-10-12(8-13,4-3-5-17-10)15(2)6-11-7-16-9-14-11/h7,9-10H,3-6,8,13H2,1-2H3. The highest BCUT2D eigenvalue weighted by molar-refractivity contribution is 8.00. The normalized spacial score (nSPS) is 29.8. The summed E-state index contributed by atoms with van der Waals surface area (Å²) < 4.78 is 0. The second-order valence-electron chi connectivity index (χ2n) is 4.76. The van der Waals surface area contributed by atoms with Gasteiger partial charge in [-0.1, -0.05) is 6.92 Å². The molecule has 1 aromatic rings. The fourth-order valence-electron chi connectivity index (χ4n) is 2.64. The van der Waals surface area contributed by atoms with Crippen LogP contribution in [0.1, 0.15) is 25.5 Å². The average Bonchev–Trinajstić information content (AvgIpc) is 2.82. The number of nitrogens with two attached hydrogens (primary N) is 1. The van der Waals surface area contributed by atoms with E-state index in [2.05, 4.69) is 41.0 Å². The van der Waals surface area contributed by atoms with Crippen molar-refractivity contribution in [1.29, 1.82) is 0 Å². The molecule has 0 bridgehead atoms. The number of nitrogens with zero attached hydrogens (tertiary/aromatic N) is 2. The highest BCUT2D eigenvalue weighted by Crippen LogP contribution is 2.37. The number of thiazole rings is 1. The van der Waals surface area contributed by atoms with E-state index < -0.39 is 0 Å². The summed E-state index contributed by atoms with van der Waals surface area (Å²) in [7, 11) is 2.19. The molecule has 1 fully saturated rings. The van der Waals surface area contributed by atoms with Gasteiger partial charge in [-0.25, -0.2) is 4.98 Å². The fraction of sp³-hybridized carbons (Fsp3) is 0.750. The van der Waals surface area contributed by atoms with Gasteiger partial charge in [0.15, 0.2) is 0 Å². The minimum absolute atomic E-state index is 0.145. The molecule has 2 unspecified atom stereocenters. The van der Waals surface area contributed by atoms with Crippen LogP contribution in [0.4, 0.5) is 0 Å². The molecular weight excluding hydrogens is 250 g/mol. The van der Waals surface area contributed by atoms with Crippen molar-refractivity contribution in [3.8, 4) is 0 Å². The maximum absolute atomic E-state index is 6.09. The van der Waals surface area contributed by atoms with E-state index in [9.17, 15) is 0 Å². The summed E-state index contributed by atoms with van der Waals surface area (Å²) in [5, 5.41) is 2.73. The van der Waals surface area contributed by atoms with Gasteiger partial charge < -0.3 is 5.73 Å². The van der Waals surface area contributed by atoms with Gasteiger partial charge in [-0.05, 0) is 25.6 Å². The highest BCUT2D eigenvalue weighted by Gasteiger charge is 2.41. The molecule has 3 nitrogen and oxygen atoms in total. The van der Waals surface area contributed by atoms with E-state index in [1.165, 1.54) is 18.6 Å². The van der Waals surface area contributed by atoms with Gasteiger partial charge in [0.05, 0.1) is 11.2 Å². The predicted molar refractivity (Wildman–Crippen MR) is 76.5 cm³/mol. The van der Waals surface area contributed by atoms with Crippen LogP contribution in [0, 0.1) is 0 Å². The van der Waals surface area contributed by atoms with E-state index >= 15 is 0 Å². The van der Waals surface area contributed by atoms with Gasteiger partial charge in [0.1, 0.15) is 0 Å². The third-order valence-electron chi connectivity index (χ3n) is 3.87. The lowest BCUT2D eigenvalue weighted by Crippen LogP contribution is -2.59. The van der Waals surface area contributed by atoms with Crippen molar-refractivity contribution in [2.45, 2.75) is 37.1 Å². The second-order valence-corrected chi connectivity index (χ2v) is 6.93. The van der Waals surface area contributed by atoms with Crippen LogP contribution in [-0.4, -0.2) is 40.0 Å². The van der Waals surface area contributed by atoms with Crippen LogP contribution in [0.25, 0.3) is 0 Å². The molecule has 1 saturated heterocycles. The highest BCUT2D eigenvalue weighted by atomic mass is 32.2. The minimum Gasteiger partial charge on any atom is -0.329 e. The maximum Gasteiger partial charge on any atom is 0.0795 e. The molecule has 0 radical (unpaired) electrons. The predicted octanol–water partition coefficient (Wildman–Crippen LogP) is 2.19. The van der Waals surface area contributed by atoms with Crippen molar-refractivity contribution in [3.63, 3.8) is 0 Å². The molecule has 2 heterocycles. The molecule has 1 aromatic heterocycles. The Morgan fingerprint density at radius 1 is 1.65 bits per heavy atom. The number of hydrogen-bond donors (Lipinski definition) is 1. The number of likely N-dealkylation sites (N-methyl/N-ethyl adjacent to an activating group) is 1. The van der Waals surface area contributed by atoms with E-state index in [-0.39, 0.29) is 5.54 Å². The molecule has 17 heavy (non-hydrogen) atoms. The first-order valence-electron chi connectivity index (χ1n) is 6.09. The van der Waals surface area contributed by atoms with Crippen molar-refractivity contribution >= 4 is 23.1 Å². The molecule has 0 aromatic carbocycles. The third kappa shape index (κ3) is 2.67. The molecule has 96 valence electrons. The monoisotopic (exact) mass is 271 g/mol. The molecular formula is C12H21N3S2. The van der Waals surface area contributed by atoms with Crippen LogP contribution < -0.4 is 5.73 Å². The maximum atomic E-state index is 6.09. The van der Waals surface area contributed by atoms with Crippen LogP contribution in [0.3, 0.4) is 0 Å². The Morgan fingerprint density at radius 2 is 2.47 bits per heavy atom. The molecule has 2 atom stereocenters. The van der Waals surface area contributed by atoms with E-state index in [1.54, 1.807) is 11.3 Å².